The summed E-state index contributed by atoms with van der Waals surface area (Å²) in [5.74, 6) is -0.755. The molecule has 0 spiro atoms. The fourth-order valence-corrected chi connectivity index (χ4v) is 3.09. The Labute approximate surface area is 166 Å². The highest BCUT2D eigenvalue weighted by Crippen LogP contribution is 2.17. The summed E-state index contributed by atoms with van der Waals surface area (Å²) in [5.41, 5.74) is 6.98. The van der Waals surface area contributed by atoms with Crippen LogP contribution in [0.3, 0.4) is 0 Å². The van der Waals surface area contributed by atoms with Crippen LogP contribution >= 0.6 is 23.4 Å². The quantitative estimate of drug-likeness (QED) is 0.655. The van der Waals surface area contributed by atoms with Crippen LogP contribution in [-0.4, -0.2) is 29.6 Å². The molecule has 0 bridgehead atoms. The number of hydrogen-bond acceptors (Lipinski definition) is 5. The third-order valence-electron chi connectivity index (χ3n) is 3.49. The van der Waals surface area contributed by atoms with E-state index in [0.717, 1.165) is 5.56 Å². The number of carbonyl (C=O) groups is 3. The van der Waals surface area contributed by atoms with Gasteiger partial charge in [0.05, 0.1) is 5.75 Å². The zero-order valence-corrected chi connectivity index (χ0v) is 16.2. The van der Waals surface area contributed by atoms with Gasteiger partial charge in [-0.1, -0.05) is 23.7 Å². The van der Waals surface area contributed by atoms with Crippen molar-refractivity contribution in [1.29, 1.82) is 0 Å². The molecule has 0 aliphatic heterocycles. The van der Waals surface area contributed by atoms with Gasteiger partial charge in [0.2, 0.25) is 5.91 Å². The molecule has 1 atom stereocenters. The minimum absolute atomic E-state index is 0.122. The second kappa shape index (κ2) is 9.99. The first-order chi connectivity index (χ1) is 12.8. The zero-order chi connectivity index (χ0) is 19.8. The van der Waals surface area contributed by atoms with Gasteiger partial charge in [-0.3, -0.25) is 14.4 Å². The predicted octanol–water partition coefficient (Wildman–Crippen LogP) is 3.24. The van der Waals surface area contributed by atoms with Gasteiger partial charge in [-0.25, -0.2) is 0 Å². The van der Waals surface area contributed by atoms with Crippen molar-refractivity contribution in [3.8, 4) is 0 Å². The number of primary amides is 1. The van der Waals surface area contributed by atoms with Crippen LogP contribution in [0.25, 0.3) is 0 Å². The lowest BCUT2D eigenvalue weighted by molar-refractivity contribution is -0.150. The summed E-state index contributed by atoms with van der Waals surface area (Å²) in [7, 11) is 0. The standard InChI is InChI=1S/C19H19ClN2O4S/c1-12(19(25)22-16-7-5-14(6-8-16)18(21)24)26-17(23)11-27-10-13-3-2-4-15(20)9-13/h2-9,12H,10-11H2,1H3,(H2,21,24)(H,22,25)/t12-/m1/s1. The van der Waals surface area contributed by atoms with E-state index in [1.807, 2.05) is 18.2 Å². The molecule has 142 valence electrons. The third kappa shape index (κ3) is 6.96. The fourth-order valence-electron chi connectivity index (χ4n) is 2.13. The summed E-state index contributed by atoms with van der Waals surface area (Å²) in [5, 5.41) is 3.25. The lowest BCUT2D eigenvalue weighted by Gasteiger charge is -2.13. The molecule has 2 rings (SSSR count). The predicted molar refractivity (Wildman–Crippen MR) is 107 cm³/mol. The number of benzene rings is 2. The highest BCUT2D eigenvalue weighted by Gasteiger charge is 2.18. The van der Waals surface area contributed by atoms with Gasteiger partial charge in [-0.2, -0.15) is 0 Å². The Morgan fingerprint density at radius 2 is 1.89 bits per heavy atom. The summed E-state index contributed by atoms with van der Waals surface area (Å²) in [6, 6.07) is 13.5. The number of anilines is 1. The van der Waals surface area contributed by atoms with E-state index in [0.29, 0.717) is 22.0 Å². The van der Waals surface area contributed by atoms with Crippen molar-refractivity contribution >= 4 is 46.8 Å². The van der Waals surface area contributed by atoms with Gasteiger partial charge in [0.1, 0.15) is 0 Å². The normalized spacial score (nSPS) is 11.5. The van der Waals surface area contributed by atoms with Crippen molar-refractivity contribution in [3.05, 3.63) is 64.7 Å². The molecule has 2 aromatic carbocycles. The highest BCUT2D eigenvalue weighted by molar-refractivity contribution is 7.99. The maximum absolute atomic E-state index is 12.1. The number of amides is 2. The Morgan fingerprint density at radius 1 is 1.19 bits per heavy atom. The van der Waals surface area contributed by atoms with Crippen LogP contribution in [-0.2, 0) is 20.1 Å². The van der Waals surface area contributed by atoms with E-state index >= 15 is 0 Å². The number of rotatable bonds is 8. The van der Waals surface area contributed by atoms with E-state index < -0.39 is 23.9 Å². The molecule has 0 radical (unpaired) electrons. The molecule has 0 saturated carbocycles. The number of halogens is 1. The molecule has 0 unspecified atom stereocenters. The maximum atomic E-state index is 12.1. The maximum Gasteiger partial charge on any atom is 0.316 e. The molecule has 27 heavy (non-hydrogen) atoms. The molecule has 0 aromatic heterocycles. The van der Waals surface area contributed by atoms with E-state index in [1.54, 1.807) is 18.2 Å². The first-order valence-corrected chi connectivity index (χ1v) is 9.61. The number of esters is 1. The molecule has 6 nitrogen and oxygen atoms in total. The first-order valence-electron chi connectivity index (χ1n) is 8.07. The van der Waals surface area contributed by atoms with Crippen molar-refractivity contribution in [2.24, 2.45) is 5.73 Å². The van der Waals surface area contributed by atoms with E-state index in [2.05, 4.69) is 5.32 Å². The van der Waals surface area contributed by atoms with Crippen molar-refractivity contribution in [2.45, 2.75) is 18.8 Å². The second-order valence-corrected chi connectivity index (χ2v) is 7.11. The summed E-state index contributed by atoms with van der Waals surface area (Å²) >= 11 is 7.29. The van der Waals surface area contributed by atoms with Crippen molar-refractivity contribution in [2.75, 3.05) is 11.1 Å². The Kier molecular flexibility index (Phi) is 7.69. The molecule has 2 aromatic rings. The average Bonchev–Trinajstić information content (AvgIpc) is 2.62. The Bertz CT molecular complexity index is 827. The van der Waals surface area contributed by atoms with E-state index in [1.165, 1.54) is 30.8 Å². The van der Waals surface area contributed by atoms with Crippen LogP contribution in [0, 0.1) is 0 Å². The Hall–Kier alpha value is -2.51. The SMILES string of the molecule is C[C@@H](OC(=O)CSCc1cccc(Cl)c1)C(=O)Nc1ccc(C(N)=O)cc1. The van der Waals surface area contributed by atoms with Crippen LogP contribution in [0.2, 0.25) is 5.02 Å². The topological polar surface area (TPSA) is 98.5 Å². The molecule has 0 aliphatic rings. The van der Waals surface area contributed by atoms with Gasteiger partial charge < -0.3 is 15.8 Å². The van der Waals surface area contributed by atoms with Crippen LogP contribution in [0.1, 0.15) is 22.8 Å². The van der Waals surface area contributed by atoms with Gasteiger partial charge in [0, 0.05) is 22.0 Å². The minimum Gasteiger partial charge on any atom is -0.452 e. The lowest BCUT2D eigenvalue weighted by atomic mass is 10.2. The molecule has 0 heterocycles. The number of hydrogen-bond donors (Lipinski definition) is 2. The van der Waals surface area contributed by atoms with Gasteiger partial charge in [0.25, 0.3) is 5.91 Å². The zero-order valence-electron chi connectivity index (χ0n) is 14.6. The third-order valence-corrected chi connectivity index (χ3v) is 4.70. The second-order valence-electron chi connectivity index (χ2n) is 5.69. The van der Waals surface area contributed by atoms with Crippen LogP contribution in [0.15, 0.2) is 48.5 Å². The summed E-state index contributed by atoms with van der Waals surface area (Å²) in [6.07, 6.45) is -0.944. The summed E-state index contributed by atoms with van der Waals surface area (Å²) in [4.78, 5) is 35.0. The van der Waals surface area contributed by atoms with Gasteiger partial charge >= 0.3 is 5.97 Å². The molecule has 0 aliphatic carbocycles. The van der Waals surface area contributed by atoms with Crippen LogP contribution < -0.4 is 11.1 Å². The Morgan fingerprint density at radius 3 is 2.52 bits per heavy atom. The van der Waals surface area contributed by atoms with Crippen molar-refractivity contribution < 1.29 is 19.1 Å². The molecular formula is C19H19ClN2O4S. The number of nitrogens with one attached hydrogen (secondary N) is 1. The Balaban J connectivity index is 1.75. The molecule has 3 N–H and O–H groups in total. The lowest BCUT2D eigenvalue weighted by Crippen LogP contribution is -2.30. The number of ether oxygens (including phenoxy) is 1. The average molecular weight is 407 g/mol. The highest BCUT2D eigenvalue weighted by atomic mass is 35.5. The van der Waals surface area contributed by atoms with Gasteiger partial charge in [0.15, 0.2) is 6.10 Å². The van der Waals surface area contributed by atoms with Crippen molar-refractivity contribution in [3.63, 3.8) is 0 Å². The van der Waals surface area contributed by atoms with Crippen LogP contribution in [0.4, 0.5) is 5.69 Å². The molecule has 0 saturated heterocycles. The number of carbonyl (C=O) groups excluding carboxylic acids is 3. The fraction of sp³-hybridized carbons (Fsp3) is 0.211. The number of thioether (sulfide) groups is 1. The molecular weight excluding hydrogens is 388 g/mol. The first kappa shape index (κ1) is 20.8. The van der Waals surface area contributed by atoms with E-state index in [4.69, 9.17) is 22.1 Å². The van der Waals surface area contributed by atoms with Crippen LogP contribution in [0.5, 0.6) is 0 Å². The molecule has 0 fully saturated rings. The summed E-state index contributed by atoms with van der Waals surface area (Å²) in [6.45, 7) is 1.49. The molecule has 8 heteroatoms. The van der Waals surface area contributed by atoms with E-state index in [9.17, 15) is 14.4 Å². The smallest absolute Gasteiger partial charge is 0.316 e. The van der Waals surface area contributed by atoms with E-state index in [-0.39, 0.29) is 5.75 Å². The van der Waals surface area contributed by atoms with Gasteiger partial charge in [-0.05, 0) is 48.9 Å². The summed E-state index contributed by atoms with van der Waals surface area (Å²) < 4.78 is 5.14. The molecule has 2 amide bonds. The van der Waals surface area contributed by atoms with Gasteiger partial charge in [-0.15, -0.1) is 11.8 Å². The largest absolute Gasteiger partial charge is 0.452 e. The van der Waals surface area contributed by atoms with Crippen molar-refractivity contribution in [1.82, 2.24) is 0 Å². The number of nitrogens with two attached hydrogens (primary N) is 1. The minimum atomic E-state index is -0.944. The monoisotopic (exact) mass is 406 g/mol.